The molecule has 2 fully saturated rings. The van der Waals surface area contributed by atoms with E-state index in [1.54, 1.807) is 17.5 Å². The van der Waals surface area contributed by atoms with E-state index in [1.807, 2.05) is 25.3 Å². The van der Waals surface area contributed by atoms with Crippen molar-refractivity contribution in [3.8, 4) is 5.13 Å². The normalized spacial score (nSPS) is 16.7. The maximum absolute atomic E-state index is 13.0. The number of nitrogens with zero attached hydrogens (tertiary/aromatic N) is 6. The molecule has 0 atom stereocenters. The van der Waals surface area contributed by atoms with Gasteiger partial charge in [0.15, 0.2) is 16.1 Å². The summed E-state index contributed by atoms with van der Waals surface area (Å²) >= 11 is 3.09. The minimum atomic E-state index is 0.124. The molecule has 0 amide bonds. The second kappa shape index (κ2) is 7.60. The fourth-order valence-corrected chi connectivity index (χ4v) is 5.66. The standard InChI is InChI=1S/C20H24N6OS2/c1-13-11-16(14(2)25(13)19-21-7-10-28-19)17(27)12-29-20-23-22-18(24-8-3-4-9-24)26(20)15-5-6-15/h7,10-11,15H,3-6,8-9,12H2,1-2H3. The van der Waals surface area contributed by atoms with Crippen LogP contribution in [0.2, 0.25) is 0 Å². The second-order valence-electron chi connectivity index (χ2n) is 7.72. The molecule has 29 heavy (non-hydrogen) atoms. The third kappa shape index (κ3) is 3.50. The first-order valence-corrected chi connectivity index (χ1v) is 11.9. The van der Waals surface area contributed by atoms with Gasteiger partial charge in [-0.1, -0.05) is 11.8 Å². The number of anilines is 1. The lowest BCUT2D eigenvalue weighted by Crippen LogP contribution is -2.22. The smallest absolute Gasteiger partial charge is 0.228 e. The molecule has 7 nitrogen and oxygen atoms in total. The number of aryl methyl sites for hydroxylation is 1. The second-order valence-corrected chi connectivity index (χ2v) is 9.54. The summed E-state index contributed by atoms with van der Waals surface area (Å²) in [4.78, 5) is 19.7. The van der Waals surface area contributed by atoms with Crippen LogP contribution in [0.5, 0.6) is 0 Å². The van der Waals surface area contributed by atoms with Crippen LogP contribution in [0.15, 0.2) is 22.8 Å². The highest BCUT2D eigenvalue weighted by atomic mass is 32.2. The summed E-state index contributed by atoms with van der Waals surface area (Å²) in [5, 5.41) is 12.6. The first-order chi connectivity index (χ1) is 14.1. The quantitative estimate of drug-likeness (QED) is 0.418. The average Bonchev–Trinajstić information content (AvgIpc) is 3.16. The Balaban J connectivity index is 1.35. The average molecular weight is 429 g/mol. The van der Waals surface area contributed by atoms with E-state index in [1.165, 1.54) is 37.4 Å². The van der Waals surface area contributed by atoms with Crippen molar-refractivity contribution < 1.29 is 4.79 Å². The highest BCUT2D eigenvalue weighted by Gasteiger charge is 2.32. The van der Waals surface area contributed by atoms with E-state index in [-0.39, 0.29) is 5.78 Å². The summed E-state index contributed by atoms with van der Waals surface area (Å²) in [6.07, 6.45) is 6.57. The molecule has 0 spiro atoms. The molecule has 0 aromatic carbocycles. The van der Waals surface area contributed by atoms with Crippen molar-refractivity contribution >= 4 is 34.8 Å². The maximum Gasteiger partial charge on any atom is 0.228 e. The van der Waals surface area contributed by atoms with E-state index < -0.39 is 0 Å². The van der Waals surface area contributed by atoms with E-state index in [2.05, 4.69) is 29.2 Å². The Hall–Kier alpha value is -2.13. The van der Waals surface area contributed by atoms with Gasteiger partial charge in [0.2, 0.25) is 5.95 Å². The molecule has 0 N–H and O–H groups in total. The number of carbonyl (C=O) groups excluding carboxylic acids is 1. The van der Waals surface area contributed by atoms with Gasteiger partial charge in [0.05, 0.1) is 5.75 Å². The van der Waals surface area contributed by atoms with Crippen LogP contribution in [0.4, 0.5) is 5.95 Å². The number of carbonyl (C=O) groups is 1. The van der Waals surface area contributed by atoms with Gasteiger partial charge in [-0.3, -0.25) is 13.9 Å². The van der Waals surface area contributed by atoms with Crippen molar-refractivity contribution in [2.24, 2.45) is 0 Å². The van der Waals surface area contributed by atoms with Crippen LogP contribution in [0.25, 0.3) is 5.13 Å². The number of ketones is 1. The van der Waals surface area contributed by atoms with Crippen LogP contribution >= 0.6 is 23.1 Å². The summed E-state index contributed by atoms with van der Waals surface area (Å²) in [5.74, 6) is 1.48. The first kappa shape index (κ1) is 18.9. The van der Waals surface area contributed by atoms with Crippen LogP contribution in [-0.2, 0) is 0 Å². The van der Waals surface area contributed by atoms with Gasteiger partial charge in [0.1, 0.15) is 0 Å². The summed E-state index contributed by atoms with van der Waals surface area (Å²) in [6.45, 7) is 6.11. The fourth-order valence-electron chi connectivity index (χ4n) is 4.03. The van der Waals surface area contributed by atoms with Gasteiger partial charge >= 0.3 is 0 Å². The number of thiazole rings is 1. The Morgan fingerprint density at radius 3 is 2.72 bits per heavy atom. The Kier molecular flexibility index (Phi) is 4.95. The zero-order valence-corrected chi connectivity index (χ0v) is 18.3. The summed E-state index contributed by atoms with van der Waals surface area (Å²) in [7, 11) is 0. The van der Waals surface area contributed by atoms with Crippen molar-refractivity contribution in [3.63, 3.8) is 0 Å². The van der Waals surface area contributed by atoms with Gasteiger partial charge in [-0.2, -0.15) is 0 Å². The van der Waals surface area contributed by atoms with Crippen LogP contribution < -0.4 is 4.90 Å². The van der Waals surface area contributed by atoms with Crippen LogP contribution in [-0.4, -0.2) is 48.9 Å². The molecular weight excluding hydrogens is 404 g/mol. The van der Waals surface area contributed by atoms with Crippen LogP contribution in [0, 0.1) is 13.8 Å². The highest BCUT2D eigenvalue weighted by Crippen LogP contribution is 2.41. The van der Waals surface area contributed by atoms with Crippen molar-refractivity contribution in [1.29, 1.82) is 0 Å². The van der Waals surface area contributed by atoms with Crippen LogP contribution in [0.1, 0.15) is 53.5 Å². The molecule has 2 aliphatic rings. The lowest BCUT2D eigenvalue weighted by Gasteiger charge is -2.17. The fraction of sp³-hybridized carbons (Fsp3) is 0.500. The van der Waals surface area contributed by atoms with E-state index >= 15 is 0 Å². The number of aromatic nitrogens is 5. The third-order valence-electron chi connectivity index (χ3n) is 5.62. The lowest BCUT2D eigenvalue weighted by molar-refractivity contribution is 0.102. The number of hydrogen-bond acceptors (Lipinski definition) is 7. The SMILES string of the molecule is Cc1cc(C(=O)CSc2nnc(N3CCCC3)n2C2CC2)c(C)n1-c1nccs1. The zero-order valence-electron chi connectivity index (χ0n) is 16.7. The number of hydrogen-bond donors (Lipinski definition) is 0. The molecule has 0 unspecified atom stereocenters. The number of Topliss-reactive ketones (excluding diaryl/α,β-unsaturated/α-hetero) is 1. The minimum Gasteiger partial charge on any atom is -0.341 e. The molecule has 1 saturated carbocycles. The Morgan fingerprint density at radius 1 is 1.24 bits per heavy atom. The molecule has 9 heteroatoms. The molecule has 4 heterocycles. The van der Waals surface area contributed by atoms with Gasteiger partial charge in [0, 0.05) is 47.7 Å². The Bertz CT molecular complexity index is 1030. The van der Waals surface area contributed by atoms with E-state index in [4.69, 9.17) is 0 Å². The minimum absolute atomic E-state index is 0.124. The van der Waals surface area contributed by atoms with Crippen molar-refractivity contribution in [1.82, 2.24) is 24.3 Å². The summed E-state index contributed by atoms with van der Waals surface area (Å²) < 4.78 is 4.32. The molecule has 0 radical (unpaired) electrons. The van der Waals surface area contributed by atoms with E-state index in [0.717, 1.165) is 46.3 Å². The van der Waals surface area contributed by atoms with Gasteiger partial charge < -0.3 is 4.90 Å². The predicted octanol–water partition coefficient (Wildman–Crippen LogP) is 4.05. The summed E-state index contributed by atoms with van der Waals surface area (Å²) in [6, 6.07) is 2.47. The molecule has 3 aromatic rings. The zero-order chi connectivity index (χ0) is 20.0. The third-order valence-corrected chi connectivity index (χ3v) is 7.32. The molecule has 1 aliphatic carbocycles. The monoisotopic (exact) mass is 428 g/mol. The number of rotatable bonds is 7. The van der Waals surface area contributed by atoms with Gasteiger partial charge in [-0.05, 0) is 45.6 Å². The largest absolute Gasteiger partial charge is 0.341 e. The van der Waals surface area contributed by atoms with E-state index in [0.29, 0.717) is 11.8 Å². The molecule has 152 valence electrons. The van der Waals surface area contributed by atoms with Gasteiger partial charge in [0.25, 0.3) is 0 Å². The highest BCUT2D eigenvalue weighted by molar-refractivity contribution is 7.99. The van der Waals surface area contributed by atoms with Crippen molar-refractivity contribution in [2.45, 2.75) is 50.7 Å². The predicted molar refractivity (Wildman–Crippen MR) is 116 cm³/mol. The Labute approximate surface area is 178 Å². The summed E-state index contributed by atoms with van der Waals surface area (Å²) in [5.41, 5.74) is 2.75. The van der Waals surface area contributed by atoms with Crippen LogP contribution in [0.3, 0.4) is 0 Å². The first-order valence-electron chi connectivity index (χ1n) is 10.1. The molecular formula is C20H24N6OS2. The number of thioether (sulfide) groups is 1. The maximum atomic E-state index is 13.0. The van der Waals surface area contributed by atoms with Crippen molar-refractivity contribution in [3.05, 3.63) is 34.6 Å². The van der Waals surface area contributed by atoms with Crippen molar-refractivity contribution in [2.75, 3.05) is 23.7 Å². The topological polar surface area (TPSA) is 68.8 Å². The van der Waals surface area contributed by atoms with Gasteiger partial charge in [-0.15, -0.1) is 21.5 Å². The molecule has 3 aromatic heterocycles. The molecule has 1 aliphatic heterocycles. The van der Waals surface area contributed by atoms with E-state index in [9.17, 15) is 4.79 Å². The lowest BCUT2D eigenvalue weighted by atomic mass is 10.2. The molecule has 5 rings (SSSR count). The molecule has 1 saturated heterocycles. The van der Waals surface area contributed by atoms with Gasteiger partial charge in [-0.25, -0.2) is 4.98 Å². The molecule has 0 bridgehead atoms. The Morgan fingerprint density at radius 2 is 2.03 bits per heavy atom.